The van der Waals surface area contributed by atoms with Crippen LogP contribution in [0.1, 0.15) is 18.5 Å². The first-order valence-corrected chi connectivity index (χ1v) is 5.71. The zero-order valence-electron chi connectivity index (χ0n) is 7.56. The first-order valence-electron chi connectivity index (χ1n) is 4.54. The molecule has 1 N–H and O–H groups in total. The van der Waals surface area contributed by atoms with Gasteiger partial charge in [-0.05, 0) is 30.9 Å². The van der Waals surface area contributed by atoms with Crippen molar-refractivity contribution in [2.24, 2.45) is 5.92 Å². The number of nitrogens with one attached hydrogen (secondary N) is 1. The molecule has 4 heteroatoms. The van der Waals surface area contributed by atoms with Crippen LogP contribution in [0.25, 0.3) is 0 Å². The summed E-state index contributed by atoms with van der Waals surface area (Å²) in [4.78, 5) is 4.18. The Kier molecular flexibility index (Phi) is 2.88. The Hall–Kier alpha value is -0.410. The van der Waals surface area contributed by atoms with Crippen molar-refractivity contribution in [2.45, 2.75) is 19.3 Å². The van der Waals surface area contributed by atoms with E-state index in [1.54, 1.807) is 6.07 Å². The van der Waals surface area contributed by atoms with Crippen LogP contribution in [-0.4, -0.2) is 10.7 Å². The van der Waals surface area contributed by atoms with Gasteiger partial charge in [0.2, 0.25) is 0 Å². The molecule has 0 aliphatic heterocycles. The number of aromatic nitrogens is 1. The van der Waals surface area contributed by atoms with E-state index in [1.807, 2.05) is 6.07 Å². The summed E-state index contributed by atoms with van der Waals surface area (Å²) >= 11 is 9.18. The molecule has 1 aliphatic rings. The molecule has 0 bridgehead atoms. The lowest BCUT2D eigenvalue weighted by Crippen LogP contribution is -2.05. The molecule has 0 aromatic carbocycles. The van der Waals surface area contributed by atoms with E-state index in [9.17, 15) is 0 Å². The van der Waals surface area contributed by atoms with Crippen LogP contribution in [0.3, 0.4) is 0 Å². The molecule has 1 aromatic rings. The minimum atomic E-state index is 0.484. The summed E-state index contributed by atoms with van der Waals surface area (Å²) in [5.74, 6) is 0.509. The Morgan fingerprint density at radius 3 is 2.86 bits per heavy atom. The van der Waals surface area contributed by atoms with Gasteiger partial charge in [-0.2, -0.15) is 0 Å². The molecule has 14 heavy (non-hydrogen) atoms. The van der Waals surface area contributed by atoms with E-state index < -0.39 is 0 Å². The highest BCUT2D eigenvalue weighted by Crippen LogP contribution is 2.31. The largest absolute Gasteiger partial charge is 0.309 e. The van der Waals surface area contributed by atoms with Crippen LogP contribution in [0, 0.1) is 11.3 Å². The standard InChI is InChI=1S/C10H10BrClN2/c11-7-3-8(14-10(12)4-7)5-9(13)6-1-2-6/h3-4,6,13H,1-2,5H2. The molecule has 74 valence electrons. The van der Waals surface area contributed by atoms with Gasteiger partial charge >= 0.3 is 0 Å². The van der Waals surface area contributed by atoms with Crippen LogP contribution in [0.5, 0.6) is 0 Å². The van der Waals surface area contributed by atoms with E-state index in [1.165, 1.54) is 12.8 Å². The summed E-state index contributed by atoms with van der Waals surface area (Å²) in [7, 11) is 0. The minimum Gasteiger partial charge on any atom is -0.309 e. The van der Waals surface area contributed by atoms with Crippen LogP contribution in [0.2, 0.25) is 5.15 Å². The molecule has 0 atom stereocenters. The van der Waals surface area contributed by atoms with Gasteiger partial charge in [-0.25, -0.2) is 4.98 Å². The van der Waals surface area contributed by atoms with E-state index in [-0.39, 0.29) is 0 Å². The fourth-order valence-electron chi connectivity index (χ4n) is 1.38. The van der Waals surface area contributed by atoms with Gasteiger partial charge in [0.05, 0.1) is 0 Å². The molecule has 1 aliphatic carbocycles. The third kappa shape index (κ3) is 2.55. The van der Waals surface area contributed by atoms with E-state index >= 15 is 0 Å². The third-order valence-electron chi connectivity index (χ3n) is 2.25. The second-order valence-corrected chi connectivity index (χ2v) is 4.88. The minimum absolute atomic E-state index is 0.484. The maximum Gasteiger partial charge on any atom is 0.130 e. The van der Waals surface area contributed by atoms with E-state index in [0.717, 1.165) is 15.9 Å². The highest BCUT2D eigenvalue weighted by molar-refractivity contribution is 9.10. The summed E-state index contributed by atoms with van der Waals surface area (Å²) in [6.45, 7) is 0. The van der Waals surface area contributed by atoms with E-state index in [0.29, 0.717) is 17.5 Å². The second-order valence-electron chi connectivity index (χ2n) is 3.58. The normalized spacial score (nSPS) is 15.6. The SMILES string of the molecule is N=C(Cc1cc(Br)cc(Cl)n1)C1CC1. The maximum absolute atomic E-state index is 7.79. The highest BCUT2D eigenvalue weighted by Gasteiger charge is 2.26. The molecule has 0 amide bonds. The summed E-state index contributed by atoms with van der Waals surface area (Å²) in [5.41, 5.74) is 1.66. The average Bonchev–Trinajstić information content (AvgIpc) is 2.82. The number of rotatable bonds is 3. The summed E-state index contributed by atoms with van der Waals surface area (Å²) in [6, 6.07) is 3.68. The van der Waals surface area contributed by atoms with Crippen LogP contribution in [0.4, 0.5) is 0 Å². The molecule has 1 aromatic heterocycles. The zero-order valence-corrected chi connectivity index (χ0v) is 9.90. The smallest absolute Gasteiger partial charge is 0.130 e. The van der Waals surface area contributed by atoms with Crippen molar-refractivity contribution in [3.63, 3.8) is 0 Å². The summed E-state index contributed by atoms with van der Waals surface area (Å²) < 4.78 is 0.927. The van der Waals surface area contributed by atoms with E-state index in [4.69, 9.17) is 17.0 Å². The van der Waals surface area contributed by atoms with Gasteiger partial charge in [0.1, 0.15) is 5.15 Å². The Morgan fingerprint density at radius 2 is 2.29 bits per heavy atom. The lowest BCUT2D eigenvalue weighted by atomic mass is 10.1. The van der Waals surface area contributed by atoms with Crippen molar-refractivity contribution in [1.29, 1.82) is 5.41 Å². The highest BCUT2D eigenvalue weighted by atomic mass is 79.9. The fraction of sp³-hybridized carbons (Fsp3) is 0.400. The van der Waals surface area contributed by atoms with Gasteiger partial charge in [-0.3, -0.25) is 0 Å². The molecule has 2 rings (SSSR count). The lowest BCUT2D eigenvalue weighted by Gasteiger charge is -2.02. The molecule has 1 fully saturated rings. The Bertz CT molecular complexity index is 354. The fourth-order valence-corrected chi connectivity index (χ4v) is 2.22. The van der Waals surface area contributed by atoms with Crippen molar-refractivity contribution in [3.8, 4) is 0 Å². The molecular formula is C10H10BrClN2. The van der Waals surface area contributed by atoms with Gasteiger partial charge in [-0.1, -0.05) is 27.5 Å². The Morgan fingerprint density at radius 1 is 1.57 bits per heavy atom. The molecular weight excluding hydrogens is 263 g/mol. The van der Waals surface area contributed by atoms with Gasteiger partial charge in [0, 0.05) is 22.3 Å². The lowest BCUT2D eigenvalue weighted by molar-refractivity contribution is 1.04. The predicted molar refractivity (Wildman–Crippen MR) is 61.1 cm³/mol. The predicted octanol–water partition coefficient (Wildman–Crippen LogP) is 3.47. The number of hydrogen-bond donors (Lipinski definition) is 1. The number of halogens is 2. The Balaban J connectivity index is 2.11. The van der Waals surface area contributed by atoms with Gasteiger partial charge in [0.25, 0.3) is 0 Å². The first-order chi connectivity index (χ1) is 6.65. The number of hydrogen-bond acceptors (Lipinski definition) is 2. The van der Waals surface area contributed by atoms with Gasteiger partial charge < -0.3 is 5.41 Å². The van der Waals surface area contributed by atoms with Crippen LogP contribution >= 0.6 is 27.5 Å². The molecule has 1 saturated carbocycles. The molecule has 0 saturated heterocycles. The average molecular weight is 274 g/mol. The molecule has 0 unspecified atom stereocenters. The number of pyridine rings is 1. The summed E-state index contributed by atoms with van der Waals surface area (Å²) in [6.07, 6.45) is 2.96. The quantitative estimate of drug-likeness (QED) is 0.664. The molecule has 1 heterocycles. The first kappa shape index (κ1) is 10.1. The van der Waals surface area contributed by atoms with E-state index in [2.05, 4.69) is 20.9 Å². The zero-order chi connectivity index (χ0) is 10.1. The van der Waals surface area contributed by atoms with Crippen molar-refractivity contribution >= 4 is 33.2 Å². The van der Waals surface area contributed by atoms with Crippen LogP contribution in [0.15, 0.2) is 16.6 Å². The third-order valence-corrected chi connectivity index (χ3v) is 2.91. The monoisotopic (exact) mass is 272 g/mol. The molecule has 0 radical (unpaired) electrons. The second kappa shape index (κ2) is 3.99. The maximum atomic E-state index is 7.79. The van der Waals surface area contributed by atoms with Crippen molar-refractivity contribution in [2.75, 3.05) is 0 Å². The van der Waals surface area contributed by atoms with Gasteiger partial charge in [0.15, 0.2) is 0 Å². The Labute approximate surface area is 96.3 Å². The molecule has 2 nitrogen and oxygen atoms in total. The number of nitrogens with zero attached hydrogens (tertiary/aromatic N) is 1. The molecule has 0 spiro atoms. The van der Waals surface area contributed by atoms with Crippen molar-refractivity contribution in [3.05, 3.63) is 27.5 Å². The summed E-state index contributed by atoms with van der Waals surface area (Å²) in [5, 5.41) is 8.27. The topological polar surface area (TPSA) is 36.7 Å². The van der Waals surface area contributed by atoms with Crippen molar-refractivity contribution < 1.29 is 0 Å². The van der Waals surface area contributed by atoms with Crippen LogP contribution in [-0.2, 0) is 6.42 Å². The van der Waals surface area contributed by atoms with Crippen molar-refractivity contribution in [1.82, 2.24) is 4.98 Å². The van der Waals surface area contributed by atoms with Crippen LogP contribution < -0.4 is 0 Å². The van der Waals surface area contributed by atoms with Gasteiger partial charge in [-0.15, -0.1) is 0 Å².